The molecule has 4 heterocycles. The molecule has 2 aromatic carbocycles. The van der Waals surface area contributed by atoms with Crippen LogP contribution in [0.25, 0.3) is 11.3 Å². The van der Waals surface area contributed by atoms with E-state index in [1.54, 1.807) is 12.1 Å². The average Bonchev–Trinajstić information content (AvgIpc) is 3.62. The molecule has 0 saturated carbocycles. The third kappa shape index (κ3) is 7.18. The number of hydrogen-bond acceptors (Lipinski definition) is 8. The summed E-state index contributed by atoms with van der Waals surface area (Å²) in [7, 11) is 1.39. The molecule has 0 fully saturated rings. The number of methoxy groups -OCH3 is 1. The lowest BCUT2D eigenvalue weighted by Crippen LogP contribution is -2.13. The van der Waals surface area contributed by atoms with Crippen LogP contribution in [0.5, 0.6) is 0 Å². The summed E-state index contributed by atoms with van der Waals surface area (Å²) in [6.07, 6.45) is 3.21. The summed E-state index contributed by atoms with van der Waals surface area (Å²) in [5.74, 6) is -0.362. The Bertz CT molecular complexity index is 1940. The zero-order valence-corrected chi connectivity index (χ0v) is 28.8. The van der Waals surface area contributed by atoms with Gasteiger partial charge in [-0.2, -0.15) is 10.2 Å². The van der Waals surface area contributed by atoms with Crippen molar-refractivity contribution in [2.75, 3.05) is 13.7 Å². The minimum atomic E-state index is -0.320. The average molecular weight is 646 g/mol. The lowest BCUT2D eigenvalue weighted by Gasteiger charge is -2.05. The lowest BCUT2D eigenvalue weighted by molar-refractivity contribution is 0.0600. The van der Waals surface area contributed by atoms with Gasteiger partial charge in [-0.25, -0.2) is 23.8 Å². The fourth-order valence-electron chi connectivity index (χ4n) is 5.96. The molecule has 248 valence electrons. The summed E-state index contributed by atoms with van der Waals surface area (Å²) < 4.78 is 8.58. The van der Waals surface area contributed by atoms with Crippen molar-refractivity contribution in [1.29, 1.82) is 0 Å². The standard InChI is InChI=1S/C19H22N4O.C19H21N3O2/c1-4-17-16(19-21-12(2)9-13(3)23(19)22-17)10-14-5-7-15(8-6-14)18(24)11-20;1-5-17-16(18-20-12(2)10-13(3)22(18)21-17)11-14-6-8-15(9-7-14)19(23)24-4/h5-9H,4,10-11,20H2,1-3H3;6-10H,5,11H2,1-4H3. The fraction of sp³-hybridized carbons (Fsp3) is 0.316. The molecule has 0 unspecified atom stereocenters. The van der Waals surface area contributed by atoms with Crippen molar-refractivity contribution in [1.82, 2.24) is 29.2 Å². The number of ketones is 1. The van der Waals surface area contributed by atoms with Gasteiger partial charge in [-0.05, 0) is 75.9 Å². The number of ether oxygens (including phenoxy) is 1. The predicted molar refractivity (Wildman–Crippen MR) is 187 cm³/mol. The summed E-state index contributed by atoms with van der Waals surface area (Å²) in [5.41, 5.74) is 19.3. The van der Waals surface area contributed by atoms with E-state index < -0.39 is 0 Å². The molecule has 0 spiro atoms. The van der Waals surface area contributed by atoms with Gasteiger partial charge >= 0.3 is 5.97 Å². The first-order valence-corrected chi connectivity index (χ1v) is 16.3. The molecule has 10 nitrogen and oxygen atoms in total. The number of fused-ring (bicyclic) bond motifs is 2. The molecule has 0 aliphatic heterocycles. The van der Waals surface area contributed by atoms with Gasteiger partial charge < -0.3 is 10.5 Å². The summed E-state index contributed by atoms with van der Waals surface area (Å²) in [5, 5.41) is 9.42. The van der Waals surface area contributed by atoms with Gasteiger partial charge in [-0.3, -0.25) is 4.79 Å². The Labute approximate surface area is 281 Å². The van der Waals surface area contributed by atoms with Crippen molar-refractivity contribution < 1.29 is 14.3 Å². The second-order valence-corrected chi connectivity index (χ2v) is 12.0. The molecule has 0 saturated heterocycles. The van der Waals surface area contributed by atoms with Gasteiger partial charge in [-0.1, -0.05) is 50.2 Å². The van der Waals surface area contributed by atoms with Crippen molar-refractivity contribution in [2.24, 2.45) is 5.73 Å². The summed E-state index contributed by atoms with van der Waals surface area (Å²) in [6.45, 7) is 12.3. The highest BCUT2D eigenvalue weighted by Gasteiger charge is 2.17. The number of carbonyl (C=O) groups is 2. The highest BCUT2D eigenvalue weighted by atomic mass is 16.5. The maximum absolute atomic E-state index is 11.6. The minimum absolute atomic E-state index is 0.0376. The van der Waals surface area contributed by atoms with Crippen molar-refractivity contribution >= 4 is 23.0 Å². The van der Waals surface area contributed by atoms with Crippen LogP contribution in [0.15, 0.2) is 60.7 Å². The van der Waals surface area contributed by atoms with E-state index >= 15 is 0 Å². The number of rotatable bonds is 9. The second kappa shape index (κ2) is 14.7. The van der Waals surface area contributed by atoms with Crippen LogP contribution >= 0.6 is 0 Å². The van der Waals surface area contributed by atoms with E-state index in [4.69, 9.17) is 25.7 Å². The number of benzene rings is 2. The Morgan fingerprint density at radius 1 is 0.688 bits per heavy atom. The van der Waals surface area contributed by atoms with Gasteiger partial charge in [0.1, 0.15) is 0 Å². The number of nitrogens with zero attached hydrogens (tertiary/aromatic N) is 6. The van der Waals surface area contributed by atoms with Gasteiger partial charge in [-0.15, -0.1) is 0 Å². The molecule has 0 radical (unpaired) electrons. The fourth-order valence-corrected chi connectivity index (χ4v) is 5.96. The first-order valence-electron chi connectivity index (χ1n) is 16.3. The molecule has 0 aliphatic rings. The summed E-state index contributed by atoms with van der Waals surface area (Å²) in [6, 6.07) is 19.2. The molecule has 4 aromatic heterocycles. The second-order valence-electron chi connectivity index (χ2n) is 12.0. The Hall–Kier alpha value is -5.22. The van der Waals surface area contributed by atoms with Crippen molar-refractivity contribution in [2.45, 2.75) is 67.2 Å². The normalized spacial score (nSPS) is 11.1. The molecule has 10 heteroatoms. The van der Waals surface area contributed by atoms with Gasteiger partial charge in [0.05, 0.1) is 30.6 Å². The zero-order valence-electron chi connectivity index (χ0n) is 28.8. The van der Waals surface area contributed by atoms with E-state index in [0.29, 0.717) is 11.1 Å². The van der Waals surface area contributed by atoms with Crippen molar-refractivity contribution in [3.63, 3.8) is 0 Å². The van der Waals surface area contributed by atoms with E-state index in [2.05, 4.69) is 18.8 Å². The minimum Gasteiger partial charge on any atom is -0.465 e. The number of nitrogens with two attached hydrogens (primary N) is 1. The third-order valence-corrected chi connectivity index (χ3v) is 8.42. The van der Waals surface area contributed by atoms with Crippen LogP contribution in [-0.2, 0) is 30.4 Å². The first-order chi connectivity index (χ1) is 23.1. The van der Waals surface area contributed by atoms with E-state index in [1.165, 1.54) is 7.11 Å². The van der Waals surface area contributed by atoms with E-state index in [1.807, 2.05) is 85.3 Å². The summed E-state index contributed by atoms with van der Waals surface area (Å²) >= 11 is 0. The van der Waals surface area contributed by atoms with E-state index in [-0.39, 0.29) is 18.3 Å². The lowest BCUT2D eigenvalue weighted by atomic mass is 10.0. The Balaban J connectivity index is 0.000000188. The predicted octanol–water partition coefficient (Wildman–Crippen LogP) is 5.93. The molecule has 0 amide bonds. The van der Waals surface area contributed by atoms with Gasteiger partial charge in [0.2, 0.25) is 0 Å². The molecule has 0 atom stereocenters. The van der Waals surface area contributed by atoms with Gasteiger partial charge in [0.25, 0.3) is 0 Å². The highest BCUT2D eigenvalue weighted by molar-refractivity contribution is 5.97. The first kappa shape index (κ1) is 34.1. The van der Waals surface area contributed by atoms with Crippen molar-refractivity contribution in [3.05, 3.63) is 128 Å². The molecular weight excluding hydrogens is 602 g/mol. The maximum Gasteiger partial charge on any atom is 0.337 e. The van der Waals surface area contributed by atoms with Gasteiger partial charge in [0, 0.05) is 52.3 Å². The van der Waals surface area contributed by atoms with Crippen LogP contribution in [0, 0.1) is 27.7 Å². The number of Topliss-reactive ketones (excluding diaryl/α,β-unsaturated/α-hetero) is 1. The van der Waals surface area contributed by atoms with Crippen LogP contribution in [0.2, 0.25) is 0 Å². The number of hydrogen-bond donors (Lipinski definition) is 1. The zero-order chi connectivity index (χ0) is 34.5. The quantitative estimate of drug-likeness (QED) is 0.151. The Morgan fingerprint density at radius 3 is 1.48 bits per heavy atom. The Kier molecular flexibility index (Phi) is 10.4. The molecule has 0 bridgehead atoms. The Morgan fingerprint density at radius 2 is 1.10 bits per heavy atom. The number of carbonyl (C=O) groups excluding carboxylic acids is 2. The van der Waals surface area contributed by atoms with Gasteiger partial charge in [0.15, 0.2) is 17.1 Å². The number of aryl methyl sites for hydroxylation is 6. The molecule has 2 N–H and O–H groups in total. The number of aromatic nitrogens is 6. The van der Waals surface area contributed by atoms with E-state index in [9.17, 15) is 9.59 Å². The molecule has 0 aliphatic carbocycles. The van der Waals surface area contributed by atoms with Crippen LogP contribution in [-0.4, -0.2) is 54.6 Å². The maximum atomic E-state index is 11.6. The summed E-state index contributed by atoms with van der Waals surface area (Å²) in [4.78, 5) is 32.6. The van der Waals surface area contributed by atoms with Crippen LogP contribution < -0.4 is 5.73 Å². The SMILES string of the molecule is CCc1nn2c(C)cc(C)nc2c1Cc1ccc(C(=O)CN)cc1.CCc1nn2c(C)cc(C)nc2c1Cc1ccc(C(=O)OC)cc1. The third-order valence-electron chi connectivity index (χ3n) is 8.42. The topological polar surface area (TPSA) is 130 Å². The number of esters is 1. The molecule has 48 heavy (non-hydrogen) atoms. The largest absolute Gasteiger partial charge is 0.465 e. The molecular formula is C38H43N7O3. The van der Waals surface area contributed by atoms with E-state index in [0.717, 1.165) is 93.4 Å². The van der Waals surface area contributed by atoms with Crippen molar-refractivity contribution in [3.8, 4) is 0 Å². The molecule has 6 aromatic rings. The molecule has 6 rings (SSSR count). The van der Waals surface area contributed by atoms with Crippen LogP contribution in [0.3, 0.4) is 0 Å². The smallest absolute Gasteiger partial charge is 0.337 e. The van der Waals surface area contributed by atoms with Crippen LogP contribution in [0.4, 0.5) is 0 Å². The van der Waals surface area contributed by atoms with Crippen LogP contribution in [0.1, 0.15) is 91.0 Å². The monoisotopic (exact) mass is 645 g/mol. The highest BCUT2D eigenvalue weighted by Crippen LogP contribution is 2.23.